The molecule has 1 fully saturated rings. The van der Waals surface area contributed by atoms with Crippen molar-refractivity contribution in [1.82, 2.24) is 10.2 Å². The zero-order valence-corrected chi connectivity index (χ0v) is 12.5. The molecule has 1 heterocycles. The predicted molar refractivity (Wildman–Crippen MR) is 83.7 cm³/mol. The quantitative estimate of drug-likeness (QED) is 0.763. The van der Waals surface area contributed by atoms with E-state index in [0.717, 1.165) is 32.5 Å². The van der Waals surface area contributed by atoms with Gasteiger partial charge in [0.1, 0.15) is 5.75 Å². The number of nitrogens with two attached hydrogens (primary N) is 1. The van der Waals surface area contributed by atoms with Crippen molar-refractivity contribution in [1.29, 1.82) is 0 Å². The van der Waals surface area contributed by atoms with E-state index in [4.69, 9.17) is 10.5 Å². The first-order chi connectivity index (χ1) is 10.2. The van der Waals surface area contributed by atoms with Crippen LogP contribution in [0.4, 0.5) is 10.5 Å². The molecule has 1 saturated heterocycles. The summed E-state index contributed by atoms with van der Waals surface area (Å²) in [5, 5.41) is 5.85. The smallest absolute Gasteiger partial charge is 0.319 e. The van der Waals surface area contributed by atoms with Crippen LogP contribution < -0.4 is 21.1 Å². The standard InChI is InChI=1S/C15H24N4O2/c1-21-14-5-3-2-4-13(14)18-15(20)17-12-6-9-19(10-7-12)11-8-16/h2-5,12H,6-11,16H2,1H3,(H2,17,18,20). The molecule has 2 rings (SSSR count). The van der Waals surface area contributed by atoms with Crippen molar-refractivity contribution in [3.63, 3.8) is 0 Å². The van der Waals surface area contributed by atoms with Crippen molar-refractivity contribution in [2.45, 2.75) is 18.9 Å². The number of carbonyl (C=O) groups is 1. The Hall–Kier alpha value is -1.79. The second-order valence-corrected chi connectivity index (χ2v) is 5.20. The fourth-order valence-electron chi connectivity index (χ4n) is 2.58. The number of hydrogen-bond donors (Lipinski definition) is 3. The second-order valence-electron chi connectivity index (χ2n) is 5.20. The van der Waals surface area contributed by atoms with E-state index in [1.165, 1.54) is 0 Å². The van der Waals surface area contributed by atoms with Crippen LogP contribution >= 0.6 is 0 Å². The third kappa shape index (κ3) is 4.61. The molecular weight excluding hydrogens is 268 g/mol. The molecule has 0 atom stereocenters. The molecule has 1 aromatic rings. The van der Waals surface area contributed by atoms with Crippen LogP contribution in [0.1, 0.15) is 12.8 Å². The zero-order valence-electron chi connectivity index (χ0n) is 12.5. The Morgan fingerprint density at radius 3 is 2.76 bits per heavy atom. The highest BCUT2D eigenvalue weighted by Crippen LogP contribution is 2.22. The molecule has 6 nitrogen and oxygen atoms in total. The molecule has 0 saturated carbocycles. The van der Waals surface area contributed by atoms with Gasteiger partial charge in [-0.15, -0.1) is 0 Å². The van der Waals surface area contributed by atoms with Gasteiger partial charge in [-0.25, -0.2) is 4.79 Å². The first-order valence-corrected chi connectivity index (χ1v) is 7.36. The minimum atomic E-state index is -0.184. The van der Waals surface area contributed by atoms with Gasteiger partial charge in [0.15, 0.2) is 0 Å². The van der Waals surface area contributed by atoms with Crippen LogP contribution in [0.25, 0.3) is 0 Å². The summed E-state index contributed by atoms with van der Waals surface area (Å²) in [4.78, 5) is 14.4. The normalized spacial score (nSPS) is 16.5. The number of anilines is 1. The van der Waals surface area contributed by atoms with Gasteiger partial charge in [0.05, 0.1) is 12.8 Å². The van der Waals surface area contributed by atoms with Crippen LogP contribution in [-0.2, 0) is 0 Å². The lowest BCUT2D eigenvalue weighted by atomic mass is 10.1. The predicted octanol–water partition coefficient (Wildman–Crippen LogP) is 1.24. The number of amides is 2. The number of hydrogen-bond acceptors (Lipinski definition) is 4. The van der Waals surface area contributed by atoms with Gasteiger partial charge in [-0.3, -0.25) is 0 Å². The molecule has 1 aliphatic rings. The van der Waals surface area contributed by atoms with Gasteiger partial charge in [-0.05, 0) is 25.0 Å². The highest BCUT2D eigenvalue weighted by Gasteiger charge is 2.20. The molecule has 2 amide bonds. The molecule has 1 aromatic carbocycles. The third-order valence-electron chi connectivity index (χ3n) is 3.72. The van der Waals surface area contributed by atoms with Crippen LogP contribution in [0.2, 0.25) is 0 Å². The Kier molecular flexibility index (Phi) is 5.83. The Balaban J connectivity index is 1.80. The lowest BCUT2D eigenvalue weighted by Gasteiger charge is -2.32. The van der Waals surface area contributed by atoms with E-state index in [9.17, 15) is 4.79 Å². The van der Waals surface area contributed by atoms with Crippen molar-refractivity contribution in [3.8, 4) is 5.75 Å². The maximum Gasteiger partial charge on any atom is 0.319 e. The van der Waals surface area contributed by atoms with Crippen molar-refractivity contribution < 1.29 is 9.53 Å². The van der Waals surface area contributed by atoms with Crippen molar-refractivity contribution in [3.05, 3.63) is 24.3 Å². The number of nitrogens with zero attached hydrogens (tertiary/aromatic N) is 1. The molecule has 0 radical (unpaired) electrons. The zero-order chi connectivity index (χ0) is 15.1. The Morgan fingerprint density at radius 1 is 1.38 bits per heavy atom. The summed E-state index contributed by atoms with van der Waals surface area (Å²) in [5.41, 5.74) is 6.23. The number of rotatable bonds is 5. The van der Waals surface area contributed by atoms with Crippen LogP contribution in [-0.4, -0.2) is 50.3 Å². The average Bonchev–Trinajstić information content (AvgIpc) is 2.50. The van der Waals surface area contributed by atoms with Gasteiger partial charge < -0.3 is 26.0 Å². The van der Waals surface area contributed by atoms with Gasteiger partial charge in [0.25, 0.3) is 0 Å². The molecule has 1 aliphatic heterocycles. The van der Waals surface area contributed by atoms with E-state index < -0.39 is 0 Å². The SMILES string of the molecule is COc1ccccc1NC(=O)NC1CCN(CCN)CC1. The highest BCUT2D eigenvalue weighted by molar-refractivity contribution is 5.91. The van der Waals surface area contributed by atoms with E-state index in [0.29, 0.717) is 18.0 Å². The minimum absolute atomic E-state index is 0.184. The molecule has 6 heteroatoms. The van der Waals surface area contributed by atoms with Gasteiger partial charge in [-0.2, -0.15) is 0 Å². The lowest BCUT2D eigenvalue weighted by molar-refractivity contribution is 0.200. The number of methoxy groups -OCH3 is 1. The molecule has 0 aliphatic carbocycles. The third-order valence-corrected chi connectivity index (χ3v) is 3.72. The Bertz CT molecular complexity index is 459. The second kappa shape index (κ2) is 7.85. The van der Waals surface area contributed by atoms with Gasteiger partial charge in [-0.1, -0.05) is 12.1 Å². The number of urea groups is 1. The maximum absolute atomic E-state index is 12.0. The van der Waals surface area contributed by atoms with Crippen molar-refractivity contribution >= 4 is 11.7 Å². The number of piperidine rings is 1. The average molecular weight is 292 g/mol. The first kappa shape index (κ1) is 15.6. The highest BCUT2D eigenvalue weighted by atomic mass is 16.5. The number of benzene rings is 1. The molecule has 0 aromatic heterocycles. The van der Waals surface area contributed by atoms with Gasteiger partial charge >= 0.3 is 6.03 Å². The van der Waals surface area contributed by atoms with E-state index in [1.807, 2.05) is 24.3 Å². The van der Waals surface area contributed by atoms with Gasteiger partial charge in [0.2, 0.25) is 0 Å². The topological polar surface area (TPSA) is 79.6 Å². The molecule has 0 unspecified atom stereocenters. The first-order valence-electron chi connectivity index (χ1n) is 7.36. The van der Waals surface area contributed by atoms with Crippen LogP contribution in [0.5, 0.6) is 5.75 Å². The summed E-state index contributed by atoms with van der Waals surface area (Å²) < 4.78 is 5.22. The number of carbonyl (C=O) groups excluding carboxylic acids is 1. The van der Waals surface area contributed by atoms with Crippen molar-refractivity contribution in [2.24, 2.45) is 5.73 Å². The summed E-state index contributed by atoms with van der Waals surface area (Å²) in [5.74, 6) is 0.658. The maximum atomic E-state index is 12.0. The molecular formula is C15H24N4O2. The van der Waals surface area contributed by atoms with Crippen LogP contribution in [0.3, 0.4) is 0 Å². The number of likely N-dealkylation sites (tertiary alicyclic amines) is 1. The Labute approximate surface area is 125 Å². The molecule has 21 heavy (non-hydrogen) atoms. The van der Waals surface area contributed by atoms with Crippen LogP contribution in [0.15, 0.2) is 24.3 Å². The number of para-hydroxylation sites is 2. The monoisotopic (exact) mass is 292 g/mol. The fraction of sp³-hybridized carbons (Fsp3) is 0.533. The largest absolute Gasteiger partial charge is 0.495 e. The van der Waals surface area contributed by atoms with E-state index in [1.54, 1.807) is 7.11 Å². The van der Waals surface area contributed by atoms with E-state index in [-0.39, 0.29) is 12.1 Å². The number of nitrogens with one attached hydrogen (secondary N) is 2. The summed E-state index contributed by atoms with van der Waals surface area (Å²) in [7, 11) is 1.59. The van der Waals surface area contributed by atoms with Crippen LogP contribution in [0, 0.1) is 0 Å². The molecule has 0 bridgehead atoms. The number of ether oxygens (including phenoxy) is 1. The summed E-state index contributed by atoms with van der Waals surface area (Å²) >= 11 is 0. The minimum Gasteiger partial charge on any atom is -0.495 e. The van der Waals surface area contributed by atoms with E-state index in [2.05, 4.69) is 15.5 Å². The van der Waals surface area contributed by atoms with E-state index >= 15 is 0 Å². The fourth-order valence-corrected chi connectivity index (χ4v) is 2.58. The lowest BCUT2D eigenvalue weighted by Crippen LogP contribution is -2.46. The molecule has 0 spiro atoms. The summed E-state index contributed by atoms with van der Waals surface area (Å²) in [6.07, 6.45) is 1.92. The molecule has 4 N–H and O–H groups in total. The summed E-state index contributed by atoms with van der Waals surface area (Å²) in [6.45, 7) is 3.58. The van der Waals surface area contributed by atoms with Gasteiger partial charge in [0, 0.05) is 32.2 Å². The Morgan fingerprint density at radius 2 is 2.10 bits per heavy atom. The molecule has 116 valence electrons. The summed E-state index contributed by atoms with van der Waals surface area (Å²) in [6, 6.07) is 7.41. The van der Waals surface area contributed by atoms with Crippen molar-refractivity contribution in [2.75, 3.05) is 38.6 Å².